The van der Waals surface area contributed by atoms with Crippen LogP contribution in [0.2, 0.25) is 0 Å². The van der Waals surface area contributed by atoms with Crippen molar-refractivity contribution in [2.24, 2.45) is 0 Å². The van der Waals surface area contributed by atoms with Gasteiger partial charge < -0.3 is 19.9 Å². The minimum absolute atomic E-state index is 0.339. The highest BCUT2D eigenvalue weighted by Gasteiger charge is 2.21. The number of para-hydroxylation sites is 1. The van der Waals surface area contributed by atoms with Crippen LogP contribution in [0.1, 0.15) is 39.1 Å². The van der Waals surface area contributed by atoms with E-state index in [1.54, 1.807) is 62.6 Å². The van der Waals surface area contributed by atoms with Gasteiger partial charge in [0, 0.05) is 11.8 Å². The molecule has 0 aliphatic carbocycles. The molecule has 7 nitrogen and oxygen atoms in total. The summed E-state index contributed by atoms with van der Waals surface area (Å²) < 4.78 is 10.3. The third kappa shape index (κ3) is 4.03. The van der Waals surface area contributed by atoms with Gasteiger partial charge in [-0.25, -0.2) is 0 Å². The topological polar surface area (TPSA) is 93.5 Å². The third-order valence-corrected chi connectivity index (χ3v) is 4.24. The lowest BCUT2D eigenvalue weighted by Gasteiger charge is -2.12. The number of carbonyl (C=O) groups excluding carboxylic acids is 2. The van der Waals surface area contributed by atoms with Gasteiger partial charge >= 0.3 is 0 Å². The Morgan fingerprint density at radius 1 is 1.07 bits per heavy atom. The molecule has 1 heterocycles. The van der Waals surface area contributed by atoms with Gasteiger partial charge in [0.05, 0.1) is 24.1 Å². The van der Waals surface area contributed by atoms with Crippen LogP contribution in [0.15, 0.2) is 53.1 Å². The lowest BCUT2D eigenvalue weighted by atomic mass is 10.1. The molecule has 0 unspecified atom stereocenters. The van der Waals surface area contributed by atoms with Crippen LogP contribution in [-0.4, -0.2) is 24.1 Å². The van der Waals surface area contributed by atoms with Gasteiger partial charge in [-0.3, -0.25) is 9.59 Å². The van der Waals surface area contributed by atoms with E-state index in [2.05, 4.69) is 15.8 Å². The lowest BCUT2D eigenvalue weighted by molar-refractivity contribution is 0.102. The Labute approximate surface area is 162 Å². The predicted molar refractivity (Wildman–Crippen MR) is 106 cm³/mol. The summed E-state index contributed by atoms with van der Waals surface area (Å²) in [6.45, 7) is 3.58. The number of aryl methyl sites for hydroxylation is 2. The van der Waals surface area contributed by atoms with E-state index < -0.39 is 0 Å². The molecule has 0 fully saturated rings. The maximum Gasteiger partial charge on any atom is 0.261 e. The summed E-state index contributed by atoms with van der Waals surface area (Å²) in [7, 11) is 1.56. The minimum Gasteiger partial charge on any atom is -0.497 e. The summed E-state index contributed by atoms with van der Waals surface area (Å²) in [5, 5.41) is 9.51. The highest BCUT2D eigenvalue weighted by Crippen LogP contribution is 2.22. The summed E-state index contributed by atoms with van der Waals surface area (Å²) in [5.74, 6) is 0.362. The van der Waals surface area contributed by atoms with Crippen LogP contribution in [0, 0.1) is 6.92 Å². The van der Waals surface area contributed by atoms with E-state index in [-0.39, 0.29) is 11.8 Å². The van der Waals surface area contributed by atoms with Gasteiger partial charge in [-0.05, 0) is 37.6 Å². The first-order valence-electron chi connectivity index (χ1n) is 8.84. The normalized spacial score (nSPS) is 10.4. The molecule has 7 heteroatoms. The Bertz CT molecular complexity index is 1010. The number of ether oxygens (including phenoxy) is 1. The molecule has 0 atom stereocenters. The Morgan fingerprint density at radius 2 is 1.86 bits per heavy atom. The van der Waals surface area contributed by atoms with Crippen molar-refractivity contribution in [3.8, 4) is 5.75 Å². The fraction of sp³-hybridized carbons (Fsp3) is 0.190. The summed E-state index contributed by atoms with van der Waals surface area (Å²) in [4.78, 5) is 25.5. The fourth-order valence-electron chi connectivity index (χ4n) is 2.82. The Hall–Kier alpha value is -3.61. The van der Waals surface area contributed by atoms with Crippen molar-refractivity contribution in [2.45, 2.75) is 20.3 Å². The molecule has 0 spiro atoms. The van der Waals surface area contributed by atoms with Crippen molar-refractivity contribution in [3.05, 3.63) is 71.1 Å². The van der Waals surface area contributed by atoms with E-state index in [1.165, 1.54) is 0 Å². The summed E-state index contributed by atoms with van der Waals surface area (Å²) in [6, 6.07) is 13.8. The van der Waals surface area contributed by atoms with Gasteiger partial charge in [-0.1, -0.05) is 30.3 Å². The van der Waals surface area contributed by atoms with Crippen molar-refractivity contribution in [1.82, 2.24) is 5.16 Å². The monoisotopic (exact) mass is 379 g/mol. The zero-order valence-corrected chi connectivity index (χ0v) is 15.9. The SMILES string of the molecule is CCc1noc(C)c1C(=O)Nc1ccccc1C(=O)Nc1cccc(OC)c1. The molecule has 3 rings (SSSR count). The molecule has 0 aliphatic heterocycles. The number of methoxy groups -OCH3 is 1. The molecule has 0 saturated heterocycles. The van der Waals surface area contributed by atoms with Crippen LogP contribution < -0.4 is 15.4 Å². The molecule has 144 valence electrons. The molecular formula is C21H21N3O4. The highest BCUT2D eigenvalue weighted by atomic mass is 16.5. The molecule has 2 aromatic carbocycles. The Kier molecular flexibility index (Phi) is 5.74. The molecular weight excluding hydrogens is 358 g/mol. The van der Waals surface area contributed by atoms with Gasteiger partial charge in [0.2, 0.25) is 0 Å². The maximum atomic E-state index is 12.8. The van der Waals surface area contributed by atoms with E-state index in [9.17, 15) is 9.59 Å². The second kappa shape index (κ2) is 8.39. The Balaban J connectivity index is 1.83. The van der Waals surface area contributed by atoms with E-state index in [0.29, 0.717) is 46.1 Å². The average molecular weight is 379 g/mol. The standard InChI is InChI=1S/C21H21N3O4/c1-4-17-19(13(2)28-24-17)21(26)23-18-11-6-5-10-16(18)20(25)22-14-8-7-9-15(12-14)27-3/h5-12H,4H2,1-3H3,(H,22,25)(H,23,26). The van der Waals surface area contributed by atoms with E-state index >= 15 is 0 Å². The molecule has 2 amide bonds. The number of anilines is 2. The largest absolute Gasteiger partial charge is 0.497 e. The summed E-state index contributed by atoms with van der Waals surface area (Å²) in [5.41, 5.74) is 2.30. The van der Waals surface area contributed by atoms with Gasteiger partial charge in [0.15, 0.2) is 0 Å². The molecule has 0 aliphatic rings. The fourth-order valence-corrected chi connectivity index (χ4v) is 2.82. The number of benzene rings is 2. The van der Waals surface area contributed by atoms with Gasteiger partial charge in [0.25, 0.3) is 11.8 Å². The number of aromatic nitrogens is 1. The van der Waals surface area contributed by atoms with Gasteiger partial charge in [-0.15, -0.1) is 0 Å². The van der Waals surface area contributed by atoms with Crippen molar-refractivity contribution >= 4 is 23.2 Å². The average Bonchev–Trinajstić information content (AvgIpc) is 3.09. The molecule has 2 N–H and O–H groups in total. The van der Waals surface area contributed by atoms with E-state index in [4.69, 9.17) is 9.26 Å². The third-order valence-electron chi connectivity index (χ3n) is 4.24. The van der Waals surface area contributed by atoms with Gasteiger partial charge in [0.1, 0.15) is 17.1 Å². The molecule has 3 aromatic rings. The molecule has 1 aromatic heterocycles. The van der Waals surface area contributed by atoms with Crippen molar-refractivity contribution in [2.75, 3.05) is 17.7 Å². The number of carbonyl (C=O) groups is 2. The first kappa shape index (κ1) is 19.2. The zero-order valence-electron chi connectivity index (χ0n) is 15.9. The number of rotatable bonds is 6. The Morgan fingerprint density at radius 3 is 2.61 bits per heavy atom. The predicted octanol–water partition coefficient (Wildman–Crippen LogP) is 4.06. The van der Waals surface area contributed by atoms with Crippen LogP contribution in [-0.2, 0) is 6.42 Å². The van der Waals surface area contributed by atoms with Crippen LogP contribution in [0.4, 0.5) is 11.4 Å². The lowest BCUT2D eigenvalue weighted by Crippen LogP contribution is -2.19. The first-order valence-corrected chi connectivity index (χ1v) is 8.84. The summed E-state index contributed by atoms with van der Waals surface area (Å²) in [6.07, 6.45) is 0.568. The zero-order chi connectivity index (χ0) is 20.1. The minimum atomic E-state index is -0.364. The van der Waals surface area contributed by atoms with Crippen molar-refractivity contribution in [1.29, 1.82) is 0 Å². The van der Waals surface area contributed by atoms with Crippen LogP contribution in [0.3, 0.4) is 0 Å². The highest BCUT2D eigenvalue weighted by molar-refractivity contribution is 6.13. The molecule has 0 bridgehead atoms. The smallest absolute Gasteiger partial charge is 0.261 e. The number of amides is 2. The summed E-state index contributed by atoms with van der Waals surface area (Å²) >= 11 is 0. The van der Waals surface area contributed by atoms with Crippen LogP contribution >= 0.6 is 0 Å². The quantitative estimate of drug-likeness (QED) is 0.674. The first-order chi connectivity index (χ1) is 13.5. The van der Waals surface area contributed by atoms with E-state index in [1.807, 2.05) is 6.92 Å². The van der Waals surface area contributed by atoms with Crippen molar-refractivity contribution < 1.29 is 18.8 Å². The van der Waals surface area contributed by atoms with E-state index in [0.717, 1.165) is 0 Å². The number of hydrogen-bond donors (Lipinski definition) is 2. The van der Waals surface area contributed by atoms with Crippen molar-refractivity contribution in [3.63, 3.8) is 0 Å². The number of nitrogens with zero attached hydrogens (tertiary/aromatic N) is 1. The van der Waals surface area contributed by atoms with Gasteiger partial charge in [-0.2, -0.15) is 0 Å². The van der Waals surface area contributed by atoms with Crippen LogP contribution in [0.5, 0.6) is 5.75 Å². The maximum absolute atomic E-state index is 12.8. The number of hydrogen-bond acceptors (Lipinski definition) is 5. The second-order valence-corrected chi connectivity index (χ2v) is 6.10. The van der Waals surface area contributed by atoms with Crippen LogP contribution in [0.25, 0.3) is 0 Å². The molecule has 28 heavy (non-hydrogen) atoms. The number of nitrogens with one attached hydrogen (secondary N) is 2. The molecule has 0 radical (unpaired) electrons. The second-order valence-electron chi connectivity index (χ2n) is 6.10. The molecule has 0 saturated carbocycles.